The fraction of sp³-hybridized carbons (Fsp3) is 0.455. The Morgan fingerprint density at radius 2 is 2.18 bits per heavy atom. The molecule has 9 nitrogen and oxygen atoms in total. The van der Waals surface area contributed by atoms with E-state index in [2.05, 4.69) is 37.4 Å². The van der Waals surface area contributed by atoms with Crippen molar-refractivity contribution in [3.05, 3.63) is 33.5 Å². The quantitative estimate of drug-likeness (QED) is 0.405. The van der Waals surface area contributed by atoms with E-state index in [9.17, 15) is 15.0 Å². The molecule has 0 spiro atoms. The first-order valence-corrected chi connectivity index (χ1v) is 11.9. The van der Waals surface area contributed by atoms with Gasteiger partial charge in [0.1, 0.15) is 6.10 Å². The standard InChI is InChI=1S/C22H23ClN6O3S/c1-3-8-25-19-15-20(28-14(27-19)7-5-11-4-6-13(23)33-11)29(10-26-15)16-12-9-22(12,21(32)24-2)18(31)17(16)30/h4,6,10,12,16-18,30-31H,3,8-9H2,1-2H3,(H,24,32)(H,25,27,28)/t12?,16-,17?,18?,22?/m1/s1. The Labute approximate surface area is 199 Å². The number of nitrogens with one attached hydrogen (secondary N) is 2. The zero-order chi connectivity index (χ0) is 23.3. The van der Waals surface area contributed by atoms with Crippen LogP contribution in [0.4, 0.5) is 5.82 Å². The normalized spacial score (nSPS) is 27.7. The van der Waals surface area contributed by atoms with E-state index < -0.39 is 23.7 Å². The molecule has 4 N–H and O–H groups in total. The number of aromatic nitrogens is 4. The SMILES string of the molecule is CCCNc1nc(C#Cc2ccc(Cl)s2)nc2c1ncn2[C@H]1C(O)C(O)C2(C(=O)NC)CC12. The zero-order valence-electron chi connectivity index (χ0n) is 18.0. The number of hydrogen-bond donors (Lipinski definition) is 4. The van der Waals surface area contributed by atoms with Crippen molar-refractivity contribution in [3.63, 3.8) is 0 Å². The van der Waals surface area contributed by atoms with E-state index >= 15 is 0 Å². The molecular formula is C22H23ClN6O3S. The van der Waals surface area contributed by atoms with Crippen molar-refractivity contribution in [1.29, 1.82) is 0 Å². The molecule has 2 aliphatic rings. The minimum Gasteiger partial charge on any atom is -0.389 e. The number of aliphatic hydroxyl groups excluding tert-OH is 2. The first-order valence-electron chi connectivity index (χ1n) is 10.7. The number of imidazole rings is 1. The third-order valence-electron chi connectivity index (χ3n) is 6.48. The third-order valence-corrected chi connectivity index (χ3v) is 7.62. The highest BCUT2D eigenvalue weighted by atomic mass is 35.5. The lowest BCUT2D eigenvalue weighted by atomic mass is 9.98. The van der Waals surface area contributed by atoms with Gasteiger partial charge in [-0.3, -0.25) is 4.79 Å². The molecule has 3 aromatic rings. The highest BCUT2D eigenvalue weighted by Gasteiger charge is 2.75. The lowest BCUT2D eigenvalue weighted by Crippen LogP contribution is -2.41. The van der Waals surface area contributed by atoms with Crippen LogP contribution < -0.4 is 10.6 Å². The number of hydrogen-bond acceptors (Lipinski definition) is 8. The Kier molecular flexibility index (Phi) is 5.53. The summed E-state index contributed by atoms with van der Waals surface area (Å²) in [7, 11) is 1.54. The van der Waals surface area contributed by atoms with Crippen molar-refractivity contribution in [1.82, 2.24) is 24.8 Å². The van der Waals surface area contributed by atoms with E-state index in [0.717, 1.165) is 11.3 Å². The molecule has 5 atom stereocenters. The van der Waals surface area contributed by atoms with Gasteiger partial charge < -0.3 is 25.4 Å². The summed E-state index contributed by atoms with van der Waals surface area (Å²) in [4.78, 5) is 27.0. The smallest absolute Gasteiger partial charge is 0.229 e. The Morgan fingerprint density at radius 1 is 1.36 bits per heavy atom. The molecule has 0 saturated heterocycles. The maximum Gasteiger partial charge on any atom is 0.229 e. The van der Waals surface area contributed by atoms with Crippen LogP contribution in [-0.2, 0) is 4.79 Å². The second kappa shape index (κ2) is 8.25. The van der Waals surface area contributed by atoms with Crippen LogP contribution in [0.15, 0.2) is 18.5 Å². The van der Waals surface area contributed by atoms with Crippen molar-refractivity contribution < 1.29 is 15.0 Å². The molecule has 2 aliphatic carbocycles. The number of halogens is 1. The van der Waals surface area contributed by atoms with Crippen molar-refractivity contribution >= 4 is 45.8 Å². The second-order valence-electron chi connectivity index (χ2n) is 8.36. The van der Waals surface area contributed by atoms with Crippen LogP contribution in [0.3, 0.4) is 0 Å². The summed E-state index contributed by atoms with van der Waals surface area (Å²) >= 11 is 7.36. The van der Waals surface area contributed by atoms with Gasteiger partial charge in [-0.1, -0.05) is 18.5 Å². The summed E-state index contributed by atoms with van der Waals surface area (Å²) in [5, 5.41) is 27.5. The number of aliphatic hydroxyl groups is 2. The van der Waals surface area contributed by atoms with Crippen LogP contribution >= 0.6 is 22.9 Å². The van der Waals surface area contributed by atoms with Gasteiger partial charge in [-0.25, -0.2) is 15.0 Å². The van der Waals surface area contributed by atoms with E-state index in [1.54, 1.807) is 17.0 Å². The van der Waals surface area contributed by atoms with Crippen LogP contribution in [0.2, 0.25) is 4.34 Å². The van der Waals surface area contributed by atoms with E-state index in [-0.39, 0.29) is 11.8 Å². The third kappa shape index (κ3) is 3.47. The van der Waals surface area contributed by atoms with Gasteiger partial charge in [-0.05, 0) is 36.8 Å². The number of nitrogens with zero attached hydrogens (tertiary/aromatic N) is 4. The van der Waals surface area contributed by atoms with Gasteiger partial charge in [0, 0.05) is 19.5 Å². The van der Waals surface area contributed by atoms with Crippen LogP contribution in [0.5, 0.6) is 0 Å². The number of amides is 1. The van der Waals surface area contributed by atoms with Crippen LogP contribution in [0.1, 0.15) is 36.5 Å². The van der Waals surface area contributed by atoms with Crippen molar-refractivity contribution in [2.75, 3.05) is 18.9 Å². The topological polar surface area (TPSA) is 125 Å². The molecule has 0 aliphatic heterocycles. The summed E-state index contributed by atoms with van der Waals surface area (Å²) in [6.45, 7) is 2.74. The van der Waals surface area contributed by atoms with E-state index in [1.807, 2.05) is 13.0 Å². The average molecular weight is 487 g/mol. The van der Waals surface area contributed by atoms with Gasteiger partial charge in [-0.2, -0.15) is 0 Å². The van der Waals surface area contributed by atoms with Crippen LogP contribution in [0.25, 0.3) is 11.2 Å². The van der Waals surface area contributed by atoms with E-state index in [0.29, 0.717) is 40.1 Å². The maximum atomic E-state index is 12.5. The Morgan fingerprint density at radius 3 is 2.88 bits per heavy atom. The molecule has 172 valence electrons. The van der Waals surface area contributed by atoms with Gasteiger partial charge in [0.25, 0.3) is 0 Å². The minimum atomic E-state index is -1.16. The largest absolute Gasteiger partial charge is 0.389 e. The number of fused-ring (bicyclic) bond motifs is 2. The molecule has 11 heteroatoms. The van der Waals surface area contributed by atoms with Gasteiger partial charge in [-0.15, -0.1) is 11.3 Å². The highest BCUT2D eigenvalue weighted by molar-refractivity contribution is 7.16. The summed E-state index contributed by atoms with van der Waals surface area (Å²) in [6, 6.07) is 3.08. The van der Waals surface area contributed by atoms with Crippen LogP contribution in [0, 0.1) is 23.2 Å². The molecule has 3 aromatic heterocycles. The van der Waals surface area contributed by atoms with E-state index in [4.69, 9.17) is 11.6 Å². The molecule has 2 fully saturated rings. The van der Waals surface area contributed by atoms with Crippen molar-refractivity contribution in [3.8, 4) is 11.8 Å². The Bertz CT molecular complexity index is 1300. The monoisotopic (exact) mass is 486 g/mol. The molecule has 0 aromatic carbocycles. The first kappa shape index (κ1) is 22.1. The van der Waals surface area contributed by atoms with E-state index in [1.165, 1.54) is 18.4 Å². The molecule has 0 radical (unpaired) electrons. The van der Waals surface area contributed by atoms with Crippen molar-refractivity contribution in [2.45, 2.75) is 38.0 Å². The molecule has 33 heavy (non-hydrogen) atoms. The van der Waals surface area contributed by atoms with Gasteiger partial charge in [0.2, 0.25) is 11.7 Å². The molecule has 4 unspecified atom stereocenters. The predicted octanol–water partition coefficient (Wildman–Crippen LogP) is 1.79. The number of anilines is 1. The summed E-state index contributed by atoms with van der Waals surface area (Å²) in [5.41, 5.74) is 0.0632. The molecule has 2 saturated carbocycles. The molecule has 1 amide bonds. The number of carbonyl (C=O) groups excluding carboxylic acids is 1. The maximum absolute atomic E-state index is 12.5. The summed E-state index contributed by atoms with van der Waals surface area (Å²) < 4.78 is 2.40. The lowest BCUT2D eigenvalue weighted by Gasteiger charge is -2.23. The fourth-order valence-electron chi connectivity index (χ4n) is 4.84. The minimum absolute atomic E-state index is 0.218. The predicted molar refractivity (Wildman–Crippen MR) is 125 cm³/mol. The number of thiophene rings is 1. The highest BCUT2D eigenvalue weighted by Crippen LogP contribution is 2.67. The average Bonchev–Trinajstić information content (AvgIpc) is 3.06. The fourth-order valence-corrected chi connectivity index (χ4v) is 5.74. The van der Waals surface area contributed by atoms with Gasteiger partial charge in [0.15, 0.2) is 17.0 Å². The van der Waals surface area contributed by atoms with Gasteiger partial charge in [0.05, 0.1) is 33.1 Å². The second-order valence-corrected chi connectivity index (χ2v) is 10.1. The molecule has 0 bridgehead atoms. The zero-order valence-corrected chi connectivity index (χ0v) is 19.6. The number of rotatable bonds is 5. The summed E-state index contributed by atoms with van der Waals surface area (Å²) in [6.07, 6.45) is 0.694. The Balaban J connectivity index is 1.58. The Hall–Kier alpha value is -2.71. The van der Waals surface area contributed by atoms with Crippen LogP contribution in [-0.4, -0.2) is 61.4 Å². The number of carbonyl (C=O) groups is 1. The summed E-state index contributed by atoms with van der Waals surface area (Å²) in [5.74, 6) is 6.40. The molecular weight excluding hydrogens is 464 g/mol. The first-order chi connectivity index (χ1) is 15.9. The van der Waals surface area contributed by atoms with Crippen molar-refractivity contribution in [2.24, 2.45) is 11.3 Å². The molecule has 3 heterocycles. The lowest BCUT2D eigenvalue weighted by molar-refractivity contribution is -0.132. The molecule has 5 rings (SSSR count). The van der Waals surface area contributed by atoms with Gasteiger partial charge >= 0.3 is 0 Å².